The highest BCUT2D eigenvalue weighted by Gasteiger charge is 2.12. The fraction of sp³-hybridized carbons (Fsp3) is 0.316. The molecule has 1 unspecified atom stereocenters. The van der Waals surface area contributed by atoms with E-state index in [-0.39, 0.29) is 18.8 Å². The molecule has 2 aromatic carbocycles. The Morgan fingerprint density at radius 3 is 2.36 bits per heavy atom. The molecule has 0 fully saturated rings. The van der Waals surface area contributed by atoms with Crippen LogP contribution in [-0.2, 0) is 0 Å². The Morgan fingerprint density at radius 1 is 1.04 bits per heavy atom. The van der Waals surface area contributed by atoms with E-state index in [4.69, 9.17) is 14.2 Å². The number of ether oxygens (including phenoxy) is 3. The molecular formula is C19H24N2O4. The smallest absolute Gasteiger partial charge is 0.317 e. The molecule has 0 spiro atoms. The number of hydrogen-bond acceptors (Lipinski definition) is 4. The van der Waals surface area contributed by atoms with Crippen molar-refractivity contribution in [1.82, 2.24) is 10.6 Å². The van der Waals surface area contributed by atoms with Crippen molar-refractivity contribution in [2.24, 2.45) is 0 Å². The quantitative estimate of drug-likeness (QED) is 0.755. The van der Waals surface area contributed by atoms with Gasteiger partial charge in [-0.15, -0.1) is 0 Å². The lowest BCUT2D eigenvalue weighted by Crippen LogP contribution is -2.38. The van der Waals surface area contributed by atoms with Crippen molar-refractivity contribution in [3.63, 3.8) is 0 Å². The molecule has 0 aliphatic heterocycles. The molecule has 1 atom stereocenters. The molecule has 0 saturated carbocycles. The summed E-state index contributed by atoms with van der Waals surface area (Å²) in [7, 11) is 3.16. The van der Waals surface area contributed by atoms with Crippen molar-refractivity contribution in [3.8, 4) is 17.2 Å². The van der Waals surface area contributed by atoms with Gasteiger partial charge < -0.3 is 24.8 Å². The van der Waals surface area contributed by atoms with Crippen molar-refractivity contribution >= 4 is 6.03 Å². The highest BCUT2D eigenvalue weighted by molar-refractivity contribution is 5.74. The van der Waals surface area contributed by atoms with E-state index in [0.29, 0.717) is 17.2 Å². The van der Waals surface area contributed by atoms with E-state index >= 15 is 0 Å². The molecule has 0 bridgehead atoms. The first-order chi connectivity index (χ1) is 12.0. The standard InChI is InChI=1S/C19H24N2O4/c1-13-5-8-16(9-6-13)25-12-20-19(22)21-14(2)15-7-10-17(23-3)18(11-15)24-4/h5-11,14H,12H2,1-4H3,(H2,20,21,22). The fourth-order valence-corrected chi connectivity index (χ4v) is 2.27. The predicted octanol–water partition coefficient (Wildman–Crippen LogP) is 3.41. The maximum Gasteiger partial charge on any atom is 0.317 e. The molecule has 0 saturated heterocycles. The van der Waals surface area contributed by atoms with Gasteiger partial charge in [-0.2, -0.15) is 0 Å². The second-order valence-corrected chi connectivity index (χ2v) is 5.59. The van der Waals surface area contributed by atoms with Crippen LogP contribution in [0.4, 0.5) is 4.79 Å². The van der Waals surface area contributed by atoms with Crippen molar-refractivity contribution in [3.05, 3.63) is 53.6 Å². The first kappa shape index (κ1) is 18.4. The van der Waals surface area contributed by atoms with Crippen LogP contribution in [0.25, 0.3) is 0 Å². The second kappa shape index (κ2) is 8.82. The van der Waals surface area contributed by atoms with Gasteiger partial charge in [0.2, 0.25) is 0 Å². The summed E-state index contributed by atoms with van der Waals surface area (Å²) in [6.07, 6.45) is 0. The van der Waals surface area contributed by atoms with Gasteiger partial charge >= 0.3 is 6.03 Å². The van der Waals surface area contributed by atoms with Crippen molar-refractivity contribution in [1.29, 1.82) is 0 Å². The lowest BCUT2D eigenvalue weighted by Gasteiger charge is -2.17. The van der Waals surface area contributed by atoms with E-state index in [0.717, 1.165) is 11.1 Å². The second-order valence-electron chi connectivity index (χ2n) is 5.59. The third-order valence-electron chi connectivity index (χ3n) is 3.75. The molecule has 134 valence electrons. The Kier molecular flexibility index (Phi) is 6.51. The predicted molar refractivity (Wildman–Crippen MR) is 96.3 cm³/mol. The van der Waals surface area contributed by atoms with E-state index in [9.17, 15) is 4.79 Å². The molecule has 0 heterocycles. The Balaban J connectivity index is 1.84. The normalized spacial score (nSPS) is 11.4. The van der Waals surface area contributed by atoms with Crippen LogP contribution in [0.1, 0.15) is 24.1 Å². The Morgan fingerprint density at radius 2 is 1.72 bits per heavy atom. The zero-order chi connectivity index (χ0) is 18.2. The van der Waals surface area contributed by atoms with Gasteiger partial charge in [-0.05, 0) is 43.7 Å². The largest absolute Gasteiger partial charge is 0.493 e. The highest BCUT2D eigenvalue weighted by atomic mass is 16.5. The fourth-order valence-electron chi connectivity index (χ4n) is 2.27. The summed E-state index contributed by atoms with van der Waals surface area (Å²) in [6, 6.07) is 12.7. The average molecular weight is 344 g/mol. The monoisotopic (exact) mass is 344 g/mol. The van der Waals surface area contributed by atoms with Gasteiger partial charge in [0, 0.05) is 0 Å². The lowest BCUT2D eigenvalue weighted by atomic mass is 10.1. The van der Waals surface area contributed by atoms with E-state index in [1.165, 1.54) is 0 Å². The molecule has 2 amide bonds. The topological polar surface area (TPSA) is 68.8 Å². The van der Waals surface area contributed by atoms with Gasteiger partial charge in [-0.3, -0.25) is 0 Å². The average Bonchev–Trinajstić information content (AvgIpc) is 2.62. The van der Waals surface area contributed by atoms with Crippen molar-refractivity contribution in [2.45, 2.75) is 19.9 Å². The minimum atomic E-state index is -0.311. The molecule has 0 radical (unpaired) electrons. The molecule has 25 heavy (non-hydrogen) atoms. The van der Waals surface area contributed by atoms with Gasteiger partial charge in [0.05, 0.1) is 20.3 Å². The number of benzene rings is 2. The summed E-state index contributed by atoms with van der Waals surface area (Å²) in [5.41, 5.74) is 2.06. The van der Waals surface area contributed by atoms with Crippen LogP contribution in [-0.4, -0.2) is 27.0 Å². The highest BCUT2D eigenvalue weighted by Crippen LogP contribution is 2.29. The Hall–Kier alpha value is -2.89. The van der Waals surface area contributed by atoms with Crippen LogP contribution in [0.15, 0.2) is 42.5 Å². The van der Waals surface area contributed by atoms with E-state index in [1.807, 2.05) is 56.3 Å². The van der Waals surface area contributed by atoms with Crippen molar-refractivity contribution < 1.29 is 19.0 Å². The summed E-state index contributed by atoms with van der Waals surface area (Å²) >= 11 is 0. The molecule has 2 rings (SSSR count). The van der Waals surface area contributed by atoms with Crippen LogP contribution in [0.5, 0.6) is 17.2 Å². The first-order valence-electron chi connectivity index (χ1n) is 7.99. The van der Waals surface area contributed by atoms with Crippen molar-refractivity contribution in [2.75, 3.05) is 21.0 Å². The third-order valence-corrected chi connectivity index (χ3v) is 3.75. The molecule has 0 aliphatic carbocycles. The zero-order valence-electron chi connectivity index (χ0n) is 15.0. The van der Waals surface area contributed by atoms with Gasteiger partial charge in [-0.1, -0.05) is 23.8 Å². The van der Waals surface area contributed by atoms with E-state index < -0.39 is 0 Å². The molecule has 2 N–H and O–H groups in total. The van der Waals surface area contributed by atoms with E-state index in [2.05, 4.69) is 10.6 Å². The number of urea groups is 1. The number of hydrogen-bond donors (Lipinski definition) is 2. The minimum absolute atomic E-state index is 0.0908. The molecule has 6 nitrogen and oxygen atoms in total. The minimum Gasteiger partial charge on any atom is -0.493 e. The molecular weight excluding hydrogens is 320 g/mol. The number of nitrogens with one attached hydrogen (secondary N) is 2. The maximum absolute atomic E-state index is 12.0. The number of aryl methyl sites for hydroxylation is 1. The molecule has 0 aromatic heterocycles. The van der Waals surface area contributed by atoms with Crippen LogP contribution in [0.2, 0.25) is 0 Å². The van der Waals surface area contributed by atoms with Crippen LogP contribution in [0.3, 0.4) is 0 Å². The van der Waals surface area contributed by atoms with Crippen LogP contribution < -0.4 is 24.8 Å². The molecule has 6 heteroatoms. The summed E-state index contributed by atoms with van der Waals surface area (Å²) in [4.78, 5) is 12.0. The number of amides is 2. The number of rotatable bonds is 7. The summed E-state index contributed by atoms with van der Waals surface area (Å²) in [5, 5.41) is 5.52. The van der Waals surface area contributed by atoms with Gasteiger partial charge in [0.15, 0.2) is 18.2 Å². The van der Waals surface area contributed by atoms with Gasteiger partial charge in [-0.25, -0.2) is 4.79 Å². The molecule has 0 aliphatic rings. The SMILES string of the molecule is COc1ccc(C(C)NC(=O)NCOc2ccc(C)cc2)cc1OC. The van der Waals surface area contributed by atoms with Crippen LogP contribution in [0, 0.1) is 6.92 Å². The third kappa shape index (κ3) is 5.31. The summed E-state index contributed by atoms with van der Waals surface area (Å²) in [5.74, 6) is 1.98. The zero-order valence-corrected chi connectivity index (χ0v) is 15.0. The number of methoxy groups -OCH3 is 2. The Bertz CT molecular complexity index is 701. The Labute approximate surface area is 148 Å². The lowest BCUT2D eigenvalue weighted by molar-refractivity contribution is 0.221. The summed E-state index contributed by atoms with van der Waals surface area (Å²) in [6.45, 7) is 3.99. The first-order valence-corrected chi connectivity index (χ1v) is 7.99. The number of carbonyl (C=O) groups is 1. The maximum atomic E-state index is 12.0. The van der Waals surface area contributed by atoms with E-state index in [1.54, 1.807) is 14.2 Å². The van der Waals surface area contributed by atoms with Gasteiger partial charge in [0.1, 0.15) is 5.75 Å². The molecule has 2 aromatic rings. The van der Waals surface area contributed by atoms with Gasteiger partial charge in [0.25, 0.3) is 0 Å². The van der Waals surface area contributed by atoms with Crippen LogP contribution >= 0.6 is 0 Å². The summed E-state index contributed by atoms with van der Waals surface area (Å²) < 4.78 is 16.0. The number of carbonyl (C=O) groups excluding carboxylic acids is 1.